The normalized spacial score (nSPS) is 10.8. The second-order valence-corrected chi connectivity index (χ2v) is 5.04. The largest absolute Gasteiger partial charge is 0.457 e. The standard InChI is InChI=1S/C18H15NO7/c1-12(20)25-17-6-4-3-5-16(17)24-11-18(26-13(2)21)14-7-9-15(10-8-14)19(22)23/h3-11H,1-2H3/b18-11+. The minimum Gasteiger partial charge on any atom is -0.457 e. The van der Waals surface area contributed by atoms with Crippen LogP contribution in [0.3, 0.4) is 0 Å². The topological polar surface area (TPSA) is 105 Å². The van der Waals surface area contributed by atoms with E-state index in [1.54, 1.807) is 24.3 Å². The molecular weight excluding hydrogens is 342 g/mol. The number of para-hydroxylation sites is 2. The van der Waals surface area contributed by atoms with Crippen molar-refractivity contribution >= 4 is 23.4 Å². The lowest BCUT2D eigenvalue weighted by Crippen LogP contribution is -2.03. The van der Waals surface area contributed by atoms with Gasteiger partial charge in [-0.1, -0.05) is 12.1 Å². The Hall–Kier alpha value is -3.68. The number of hydrogen-bond donors (Lipinski definition) is 0. The van der Waals surface area contributed by atoms with Gasteiger partial charge in [0, 0.05) is 31.5 Å². The number of benzene rings is 2. The van der Waals surface area contributed by atoms with Crippen molar-refractivity contribution in [2.24, 2.45) is 0 Å². The van der Waals surface area contributed by atoms with Crippen LogP contribution in [0.5, 0.6) is 11.5 Å². The number of hydrogen-bond acceptors (Lipinski definition) is 7. The van der Waals surface area contributed by atoms with Crippen LogP contribution in [-0.2, 0) is 14.3 Å². The molecule has 0 aliphatic heterocycles. The van der Waals surface area contributed by atoms with Crippen LogP contribution in [-0.4, -0.2) is 16.9 Å². The van der Waals surface area contributed by atoms with E-state index in [0.717, 1.165) is 6.26 Å². The highest BCUT2D eigenvalue weighted by atomic mass is 16.6. The van der Waals surface area contributed by atoms with Gasteiger partial charge in [-0.15, -0.1) is 0 Å². The average molecular weight is 357 g/mol. The lowest BCUT2D eigenvalue weighted by Gasteiger charge is -2.10. The average Bonchev–Trinajstić information content (AvgIpc) is 2.59. The van der Waals surface area contributed by atoms with Gasteiger partial charge in [-0.05, 0) is 24.3 Å². The van der Waals surface area contributed by atoms with Gasteiger partial charge in [-0.2, -0.15) is 0 Å². The zero-order valence-corrected chi connectivity index (χ0v) is 14.0. The fraction of sp³-hybridized carbons (Fsp3) is 0.111. The SMILES string of the molecule is CC(=O)O/C(=C/Oc1ccccc1OC(C)=O)c1ccc([N+](=O)[O-])cc1. The summed E-state index contributed by atoms with van der Waals surface area (Å²) in [5.74, 6) is -0.631. The molecule has 0 aliphatic rings. The minimum atomic E-state index is -0.591. The maximum absolute atomic E-state index is 11.3. The zero-order chi connectivity index (χ0) is 19.1. The predicted octanol–water partition coefficient (Wildman–Crippen LogP) is 3.46. The first kappa shape index (κ1) is 18.7. The molecule has 0 amide bonds. The molecule has 0 unspecified atom stereocenters. The number of rotatable bonds is 6. The van der Waals surface area contributed by atoms with Crippen molar-refractivity contribution in [3.8, 4) is 11.5 Å². The monoisotopic (exact) mass is 357 g/mol. The van der Waals surface area contributed by atoms with Crippen molar-refractivity contribution < 1.29 is 28.7 Å². The number of carbonyl (C=O) groups excluding carboxylic acids is 2. The molecule has 26 heavy (non-hydrogen) atoms. The van der Waals surface area contributed by atoms with Crippen molar-refractivity contribution in [2.45, 2.75) is 13.8 Å². The molecule has 8 heteroatoms. The molecule has 0 spiro atoms. The van der Waals surface area contributed by atoms with Crippen LogP contribution >= 0.6 is 0 Å². The Bertz CT molecular complexity index is 856. The van der Waals surface area contributed by atoms with Gasteiger partial charge in [0.1, 0.15) is 6.26 Å². The van der Waals surface area contributed by atoms with Crippen molar-refractivity contribution in [1.29, 1.82) is 0 Å². The maximum atomic E-state index is 11.3. The van der Waals surface area contributed by atoms with Crippen LogP contribution < -0.4 is 9.47 Å². The van der Waals surface area contributed by atoms with Crippen LogP contribution in [0.25, 0.3) is 5.76 Å². The van der Waals surface area contributed by atoms with Crippen molar-refractivity contribution in [3.63, 3.8) is 0 Å². The van der Waals surface area contributed by atoms with E-state index in [4.69, 9.17) is 14.2 Å². The fourth-order valence-corrected chi connectivity index (χ4v) is 1.96. The summed E-state index contributed by atoms with van der Waals surface area (Å²) >= 11 is 0. The molecule has 0 heterocycles. The number of nitro benzene ring substituents is 1. The van der Waals surface area contributed by atoms with Gasteiger partial charge >= 0.3 is 11.9 Å². The summed E-state index contributed by atoms with van der Waals surface area (Å²) in [5.41, 5.74) is 0.299. The Labute approximate surface area is 148 Å². The van der Waals surface area contributed by atoms with Crippen molar-refractivity contribution in [1.82, 2.24) is 0 Å². The number of nitro groups is 1. The molecular formula is C18H15NO7. The Balaban J connectivity index is 2.31. The van der Waals surface area contributed by atoms with Crippen molar-refractivity contribution in [2.75, 3.05) is 0 Å². The first-order chi connectivity index (χ1) is 12.4. The Morgan fingerprint density at radius 3 is 2.12 bits per heavy atom. The van der Waals surface area contributed by atoms with Crippen LogP contribution in [0.15, 0.2) is 54.8 Å². The highest BCUT2D eigenvalue weighted by Gasteiger charge is 2.12. The summed E-state index contributed by atoms with van der Waals surface area (Å²) in [6.45, 7) is 2.47. The molecule has 0 bridgehead atoms. The Morgan fingerprint density at radius 1 is 0.962 bits per heavy atom. The smallest absolute Gasteiger partial charge is 0.308 e. The van der Waals surface area contributed by atoms with Crippen LogP contribution in [0.4, 0.5) is 5.69 Å². The summed E-state index contributed by atoms with van der Waals surface area (Å²) in [6.07, 6.45) is 1.16. The quantitative estimate of drug-likeness (QED) is 0.256. The highest BCUT2D eigenvalue weighted by molar-refractivity contribution is 5.76. The summed E-state index contributed by atoms with van der Waals surface area (Å²) in [5, 5.41) is 10.7. The molecule has 0 atom stereocenters. The van der Waals surface area contributed by atoms with Gasteiger partial charge in [0.25, 0.3) is 5.69 Å². The first-order valence-corrected chi connectivity index (χ1v) is 7.44. The fourth-order valence-electron chi connectivity index (χ4n) is 1.96. The Morgan fingerprint density at radius 2 is 1.58 bits per heavy atom. The second kappa shape index (κ2) is 8.43. The van der Waals surface area contributed by atoms with Crippen molar-refractivity contribution in [3.05, 3.63) is 70.5 Å². The lowest BCUT2D eigenvalue weighted by molar-refractivity contribution is -0.384. The zero-order valence-electron chi connectivity index (χ0n) is 14.0. The van der Waals surface area contributed by atoms with Gasteiger partial charge in [0.15, 0.2) is 17.3 Å². The van der Waals surface area contributed by atoms with Gasteiger partial charge in [-0.25, -0.2) is 0 Å². The second-order valence-electron chi connectivity index (χ2n) is 5.04. The van der Waals surface area contributed by atoms with Crippen LogP contribution in [0.2, 0.25) is 0 Å². The van der Waals surface area contributed by atoms with Crippen LogP contribution in [0.1, 0.15) is 19.4 Å². The molecule has 2 rings (SSSR count). The van der Waals surface area contributed by atoms with Gasteiger partial charge in [-0.3, -0.25) is 19.7 Å². The predicted molar refractivity (Wildman–Crippen MR) is 91.2 cm³/mol. The number of carbonyl (C=O) groups is 2. The molecule has 0 N–H and O–H groups in total. The van der Waals surface area contributed by atoms with Gasteiger partial charge in [0.05, 0.1) is 4.92 Å². The third kappa shape index (κ3) is 5.17. The summed E-state index contributed by atoms with van der Waals surface area (Å²) in [4.78, 5) is 32.7. The van der Waals surface area contributed by atoms with E-state index in [-0.39, 0.29) is 22.9 Å². The molecule has 2 aromatic rings. The number of non-ortho nitro benzene ring substituents is 1. The highest BCUT2D eigenvalue weighted by Crippen LogP contribution is 2.28. The molecule has 0 fully saturated rings. The number of esters is 2. The lowest BCUT2D eigenvalue weighted by atomic mass is 10.2. The molecule has 0 aromatic heterocycles. The van der Waals surface area contributed by atoms with E-state index < -0.39 is 16.9 Å². The van der Waals surface area contributed by atoms with E-state index >= 15 is 0 Å². The van der Waals surface area contributed by atoms with E-state index in [1.807, 2.05) is 0 Å². The molecule has 134 valence electrons. The van der Waals surface area contributed by atoms with Gasteiger partial charge < -0.3 is 14.2 Å². The third-order valence-corrected chi connectivity index (χ3v) is 3.01. The summed E-state index contributed by atoms with van der Waals surface area (Å²) < 4.78 is 15.6. The molecule has 0 saturated heterocycles. The molecule has 0 aliphatic carbocycles. The van der Waals surface area contributed by atoms with E-state index in [2.05, 4.69) is 0 Å². The molecule has 0 radical (unpaired) electrons. The Kier molecular flexibility index (Phi) is 6.05. The summed E-state index contributed by atoms with van der Waals surface area (Å²) in [7, 11) is 0. The maximum Gasteiger partial charge on any atom is 0.308 e. The minimum absolute atomic E-state index is 0.0463. The molecule has 8 nitrogen and oxygen atoms in total. The third-order valence-electron chi connectivity index (χ3n) is 3.01. The van der Waals surface area contributed by atoms with E-state index in [1.165, 1.54) is 38.1 Å². The summed E-state index contributed by atoms with van der Waals surface area (Å²) in [6, 6.07) is 11.9. The molecule has 2 aromatic carbocycles. The van der Waals surface area contributed by atoms with E-state index in [0.29, 0.717) is 5.56 Å². The first-order valence-electron chi connectivity index (χ1n) is 7.44. The van der Waals surface area contributed by atoms with E-state index in [9.17, 15) is 19.7 Å². The number of nitrogens with zero attached hydrogens (tertiary/aromatic N) is 1. The number of ether oxygens (including phenoxy) is 3. The van der Waals surface area contributed by atoms with Gasteiger partial charge in [0.2, 0.25) is 0 Å². The molecule has 0 saturated carbocycles. The van der Waals surface area contributed by atoms with Crippen LogP contribution in [0, 0.1) is 10.1 Å².